The number of methoxy groups -OCH3 is 1. The van der Waals surface area contributed by atoms with Gasteiger partial charge in [0.05, 0.1) is 19.9 Å². The molecular formula is C23H28N4O3. The van der Waals surface area contributed by atoms with Crippen molar-refractivity contribution in [2.75, 3.05) is 31.6 Å². The summed E-state index contributed by atoms with van der Waals surface area (Å²) in [5.41, 5.74) is 5.19. The molecule has 0 atom stereocenters. The smallest absolute Gasteiger partial charge is 0.259 e. The molecule has 2 amide bonds. The Morgan fingerprint density at radius 2 is 1.77 bits per heavy atom. The minimum Gasteiger partial charge on any atom is -0.496 e. The van der Waals surface area contributed by atoms with Crippen LogP contribution in [-0.4, -0.2) is 44.8 Å². The molecule has 0 aliphatic rings. The number of nitrogens with one attached hydrogen (secondary N) is 2. The Balaban J connectivity index is 1.77. The number of rotatable bonds is 10. The molecule has 2 rings (SSSR count). The zero-order chi connectivity index (χ0) is 21.8. The summed E-state index contributed by atoms with van der Waals surface area (Å²) in [6.45, 7) is 5.94. The minimum atomic E-state index is -0.412. The summed E-state index contributed by atoms with van der Waals surface area (Å²) in [5, 5.41) is 6.44. The van der Waals surface area contributed by atoms with Crippen LogP contribution in [0.25, 0.3) is 6.08 Å². The van der Waals surface area contributed by atoms with Crippen molar-refractivity contribution in [1.82, 2.24) is 10.7 Å². The average molecular weight is 409 g/mol. The monoisotopic (exact) mass is 408 g/mol. The van der Waals surface area contributed by atoms with E-state index in [2.05, 4.69) is 34.6 Å². The molecule has 0 fully saturated rings. The lowest BCUT2D eigenvalue weighted by Crippen LogP contribution is -2.34. The Morgan fingerprint density at radius 3 is 2.43 bits per heavy atom. The van der Waals surface area contributed by atoms with Crippen molar-refractivity contribution in [3.63, 3.8) is 0 Å². The molecule has 0 saturated heterocycles. The number of carbonyl (C=O) groups is 2. The van der Waals surface area contributed by atoms with Crippen molar-refractivity contribution in [2.24, 2.45) is 5.10 Å². The highest BCUT2D eigenvalue weighted by atomic mass is 16.5. The zero-order valence-corrected chi connectivity index (χ0v) is 17.6. The standard InChI is InChI=1S/C23H28N4O3/c1-4-27(5-2)20-13-10-18(11-14-20)16-25-26-23(29)17-24-22(28)15-12-19-8-6-7-9-21(19)30-3/h6-16H,4-5,17H2,1-3H3,(H,24,28)(H,26,29)/b15-12+,25-16-. The largest absolute Gasteiger partial charge is 0.496 e. The highest BCUT2D eigenvalue weighted by Gasteiger charge is 2.03. The zero-order valence-electron chi connectivity index (χ0n) is 17.6. The van der Waals surface area contributed by atoms with E-state index < -0.39 is 5.91 Å². The molecule has 0 unspecified atom stereocenters. The Hall–Kier alpha value is -3.61. The van der Waals surface area contributed by atoms with E-state index >= 15 is 0 Å². The summed E-state index contributed by atoms with van der Waals surface area (Å²) in [7, 11) is 1.57. The van der Waals surface area contributed by atoms with Crippen molar-refractivity contribution in [3.05, 3.63) is 65.7 Å². The molecule has 2 aromatic rings. The molecule has 7 heteroatoms. The normalized spacial score (nSPS) is 10.9. The van der Waals surface area contributed by atoms with Crippen molar-refractivity contribution in [1.29, 1.82) is 0 Å². The van der Waals surface area contributed by atoms with E-state index in [0.29, 0.717) is 5.75 Å². The molecule has 7 nitrogen and oxygen atoms in total. The van der Waals surface area contributed by atoms with Crippen LogP contribution < -0.4 is 20.4 Å². The van der Waals surface area contributed by atoms with Gasteiger partial charge in [-0.3, -0.25) is 9.59 Å². The summed E-state index contributed by atoms with van der Waals surface area (Å²) in [4.78, 5) is 26.0. The van der Waals surface area contributed by atoms with Gasteiger partial charge in [0.2, 0.25) is 5.91 Å². The van der Waals surface area contributed by atoms with Gasteiger partial charge >= 0.3 is 0 Å². The molecule has 30 heavy (non-hydrogen) atoms. The maximum absolute atomic E-state index is 11.9. The van der Waals surface area contributed by atoms with Gasteiger partial charge < -0.3 is 15.0 Å². The predicted molar refractivity (Wildman–Crippen MR) is 121 cm³/mol. The first kappa shape index (κ1) is 22.7. The maximum atomic E-state index is 11.9. The molecule has 0 saturated carbocycles. The van der Waals surface area contributed by atoms with Crippen molar-refractivity contribution >= 4 is 29.8 Å². The average Bonchev–Trinajstić information content (AvgIpc) is 2.78. The molecule has 158 valence electrons. The van der Waals surface area contributed by atoms with Crippen LogP contribution in [0.3, 0.4) is 0 Å². The number of benzene rings is 2. The molecule has 0 aliphatic carbocycles. The topological polar surface area (TPSA) is 83.0 Å². The first-order chi connectivity index (χ1) is 14.6. The van der Waals surface area contributed by atoms with E-state index in [0.717, 1.165) is 29.9 Å². The Labute approximate surface area is 177 Å². The summed E-state index contributed by atoms with van der Waals surface area (Å²) in [6, 6.07) is 15.2. The molecule has 2 N–H and O–H groups in total. The summed E-state index contributed by atoms with van der Waals surface area (Å²) < 4.78 is 5.22. The number of anilines is 1. The van der Waals surface area contributed by atoms with Crippen molar-refractivity contribution in [2.45, 2.75) is 13.8 Å². The second-order valence-electron chi connectivity index (χ2n) is 6.35. The van der Waals surface area contributed by atoms with E-state index in [1.54, 1.807) is 25.5 Å². The SMILES string of the molecule is CCN(CC)c1ccc(/C=N\NC(=O)CNC(=O)/C=C/c2ccccc2OC)cc1. The number of hydrazone groups is 1. The molecule has 0 aliphatic heterocycles. The molecule has 0 radical (unpaired) electrons. The fourth-order valence-corrected chi connectivity index (χ4v) is 2.77. The van der Waals surface area contributed by atoms with Gasteiger partial charge in [-0.05, 0) is 43.7 Å². The molecular weight excluding hydrogens is 380 g/mol. The third-order valence-corrected chi connectivity index (χ3v) is 4.40. The Kier molecular flexibility index (Phi) is 9.12. The number of hydrogen-bond donors (Lipinski definition) is 2. The third kappa shape index (κ3) is 7.09. The minimum absolute atomic E-state index is 0.173. The Bertz CT molecular complexity index is 888. The van der Waals surface area contributed by atoms with Crippen molar-refractivity contribution in [3.8, 4) is 5.75 Å². The molecule has 0 spiro atoms. The van der Waals surface area contributed by atoms with Crippen LogP contribution >= 0.6 is 0 Å². The van der Waals surface area contributed by atoms with Crippen LogP contribution in [0, 0.1) is 0 Å². The number of para-hydroxylation sites is 1. The van der Waals surface area contributed by atoms with Crippen LogP contribution in [0.2, 0.25) is 0 Å². The van der Waals surface area contributed by atoms with Crippen LogP contribution in [0.1, 0.15) is 25.0 Å². The first-order valence-corrected chi connectivity index (χ1v) is 9.83. The Morgan fingerprint density at radius 1 is 1.07 bits per heavy atom. The lowest BCUT2D eigenvalue weighted by Gasteiger charge is -2.20. The summed E-state index contributed by atoms with van der Waals surface area (Å²) in [5.74, 6) is -0.129. The number of ether oxygens (including phenoxy) is 1. The van der Waals surface area contributed by atoms with Crippen LogP contribution in [0.4, 0.5) is 5.69 Å². The van der Waals surface area contributed by atoms with Gasteiger partial charge in [0.1, 0.15) is 5.75 Å². The van der Waals surface area contributed by atoms with Gasteiger partial charge in [0.15, 0.2) is 0 Å². The predicted octanol–water partition coefficient (Wildman–Crippen LogP) is 2.82. The van der Waals surface area contributed by atoms with E-state index in [1.807, 2.05) is 42.5 Å². The lowest BCUT2D eigenvalue weighted by atomic mass is 10.2. The molecule has 0 bridgehead atoms. The van der Waals surface area contributed by atoms with E-state index in [-0.39, 0.29) is 12.5 Å². The fourth-order valence-electron chi connectivity index (χ4n) is 2.77. The lowest BCUT2D eigenvalue weighted by molar-refractivity contribution is -0.123. The number of carbonyl (C=O) groups excluding carboxylic acids is 2. The van der Waals surface area contributed by atoms with E-state index in [1.165, 1.54) is 6.08 Å². The van der Waals surface area contributed by atoms with Gasteiger partial charge in [-0.1, -0.05) is 30.3 Å². The van der Waals surface area contributed by atoms with Gasteiger partial charge in [-0.15, -0.1) is 0 Å². The van der Waals surface area contributed by atoms with E-state index in [4.69, 9.17) is 4.74 Å². The fraction of sp³-hybridized carbons (Fsp3) is 0.261. The number of nitrogens with zero attached hydrogens (tertiary/aromatic N) is 2. The van der Waals surface area contributed by atoms with Crippen LogP contribution in [-0.2, 0) is 9.59 Å². The molecule has 0 aromatic heterocycles. The maximum Gasteiger partial charge on any atom is 0.259 e. The van der Waals surface area contributed by atoms with Gasteiger partial charge in [0, 0.05) is 30.4 Å². The van der Waals surface area contributed by atoms with Crippen molar-refractivity contribution < 1.29 is 14.3 Å². The first-order valence-electron chi connectivity index (χ1n) is 9.83. The molecule has 2 aromatic carbocycles. The highest BCUT2D eigenvalue weighted by molar-refractivity contribution is 5.94. The van der Waals surface area contributed by atoms with E-state index in [9.17, 15) is 9.59 Å². The molecule has 0 heterocycles. The van der Waals surface area contributed by atoms with Gasteiger partial charge in [0.25, 0.3) is 5.91 Å². The second kappa shape index (κ2) is 12.1. The van der Waals surface area contributed by atoms with Crippen LogP contribution in [0.15, 0.2) is 59.7 Å². The number of hydrogen-bond acceptors (Lipinski definition) is 5. The third-order valence-electron chi connectivity index (χ3n) is 4.40. The van der Waals surface area contributed by atoms with Gasteiger partial charge in [-0.2, -0.15) is 5.10 Å². The second-order valence-corrected chi connectivity index (χ2v) is 6.35. The van der Waals surface area contributed by atoms with Gasteiger partial charge in [-0.25, -0.2) is 5.43 Å². The van der Waals surface area contributed by atoms with Crippen LogP contribution in [0.5, 0.6) is 5.75 Å². The number of amides is 2. The highest BCUT2D eigenvalue weighted by Crippen LogP contribution is 2.18. The summed E-state index contributed by atoms with van der Waals surface area (Å²) >= 11 is 0. The quantitative estimate of drug-likeness (QED) is 0.360. The summed E-state index contributed by atoms with van der Waals surface area (Å²) in [6.07, 6.45) is 4.55.